The van der Waals surface area contributed by atoms with E-state index in [4.69, 9.17) is 14.2 Å². The highest BCUT2D eigenvalue weighted by atomic mass is 16.7. The summed E-state index contributed by atoms with van der Waals surface area (Å²) in [6, 6.07) is 0.102. The molecule has 0 rings (SSSR count). The van der Waals surface area contributed by atoms with E-state index in [0.29, 0.717) is 13.2 Å². The van der Waals surface area contributed by atoms with E-state index in [0.717, 1.165) is 13.0 Å². The maximum absolute atomic E-state index is 5.35. The fraction of sp³-hybridized carbons (Fsp3) is 1.00. The van der Waals surface area contributed by atoms with Crippen LogP contribution in [0.3, 0.4) is 0 Å². The smallest absolute Gasteiger partial charge is 0.174 e. The van der Waals surface area contributed by atoms with E-state index in [2.05, 4.69) is 12.2 Å². The zero-order valence-electron chi connectivity index (χ0n) is 9.71. The molecule has 4 nitrogen and oxygen atoms in total. The van der Waals surface area contributed by atoms with Gasteiger partial charge in [0.15, 0.2) is 6.29 Å². The van der Waals surface area contributed by atoms with Crippen LogP contribution in [0, 0.1) is 0 Å². The molecule has 0 aliphatic carbocycles. The summed E-state index contributed by atoms with van der Waals surface area (Å²) >= 11 is 0. The minimum atomic E-state index is -0.243. The summed E-state index contributed by atoms with van der Waals surface area (Å²) in [4.78, 5) is 0. The fourth-order valence-electron chi connectivity index (χ4n) is 1.23. The normalized spacial score (nSPS) is 13.5. The van der Waals surface area contributed by atoms with Crippen LogP contribution < -0.4 is 5.32 Å². The van der Waals surface area contributed by atoms with Gasteiger partial charge in [0.05, 0.1) is 12.6 Å². The van der Waals surface area contributed by atoms with E-state index in [1.807, 2.05) is 6.92 Å². The summed E-state index contributed by atoms with van der Waals surface area (Å²) in [7, 11) is 3.28. The third kappa shape index (κ3) is 5.54. The minimum absolute atomic E-state index is 0.102. The summed E-state index contributed by atoms with van der Waals surface area (Å²) in [5.74, 6) is 0. The van der Waals surface area contributed by atoms with Gasteiger partial charge in [-0.05, 0) is 19.9 Å². The van der Waals surface area contributed by atoms with Crippen molar-refractivity contribution in [1.29, 1.82) is 0 Å². The molecule has 14 heavy (non-hydrogen) atoms. The van der Waals surface area contributed by atoms with Gasteiger partial charge >= 0.3 is 0 Å². The number of hydrogen-bond acceptors (Lipinski definition) is 4. The third-order valence-electron chi connectivity index (χ3n) is 1.95. The molecule has 86 valence electrons. The molecule has 1 unspecified atom stereocenters. The Bertz CT molecular complexity index is 110. The van der Waals surface area contributed by atoms with Crippen molar-refractivity contribution in [3.05, 3.63) is 0 Å². The molecule has 1 atom stereocenters. The number of rotatable bonds is 9. The van der Waals surface area contributed by atoms with Gasteiger partial charge < -0.3 is 19.5 Å². The van der Waals surface area contributed by atoms with Gasteiger partial charge in [0.2, 0.25) is 0 Å². The lowest BCUT2D eigenvalue weighted by molar-refractivity contribution is -0.133. The fourth-order valence-corrected chi connectivity index (χ4v) is 1.23. The van der Waals surface area contributed by atoms with Crippen molar-refractivity contribution >= 4 is 0 Å². The molecular formula is C10H23NO3. The Balaban J connectivity index is 3.92. The van der Waals surface area contributed by atoms with Crippen molar-refractivity contribution in [2.45, 2.75) is 32.6 Å². The van der Waals surface area contributed by atoms with Crippen LogP contribution in [0.2, 0.25) is 0 Å². The first kappa shape index (κ1) is 13.8. The average Bonchev–Trinajstić information content (AvgIpc) is 2.22. The molecular weight excluding hydrogens is 182 g/mol. The van der Waals surface area contributed by atoms with Gasteiger partial charge in [0, 0.05) is 20.8 Å². The number of methoxy groups -OCH3 is 2. The summed E-state index contributed by atoms with van der Waals surface area (Å²) in [6.07, 6.45) is 0.844. The van der Waals surface area contributed by atoms with E-state index in [1.54, 1.807) is 14.2 Å². The predicted octanol–water partition coefficient (Wildman–Crippen LogP) is 1.01. The van der Waals surface area contributed by atoms with Gasteiger partial charge in [-0.25, -0.2) is 0 Å². The van der Waals surface area contributed by atoms with Crippen LogP contribution in [0.4, 0.5) is 0 Å². The Morgan fingerprint density at radius 1 is 1.14 bits per heavy atom. The van der Waals surface area contributed by atoms with Crippen LogP contribution in [0.15, 0.2) is 0 Å². The van der Waals surface area contributed by atoms with Crippen LogP contribution in [-0.4, -0.2) is 46.3 Å². The maximum atomic E-state index is 5.35. The number of ether oxygens (including phenoxy) is 3. The molecule has 0 aromatic carbocycles. The van der Waals surface area contributed by atoms with E-state index in [1.165, 1.54) is 0 Å². The van der Waals surface area contributed by atoms with E-state index >= 15 is 0 Å². The quantitative estimate of drug-likeness (QED) is 0.570. The Kier molecular flexibility index (Phi) is 9.29. The Morgan fingerprint density at radius 2 is 1.79 bits per heavy atom. The van der Waals surface area contributed by atoms with Crippen molar-refractivity contribution in [2.75, 3.05) is 34.0 Å². The molecule has 0 saturated heterocycles. The van der Waals surface area contributed by atoms with Crippen LogP contribution >= 0.6 is 0 Å². The molecule has 0 heterocycles. The van der Waals surface area contributed by atoms with Gasteiger partial charge in [0.25, 0.3) is 0 Å². The second-order valence-electron chi connectivity index (χ2n) is 3.06. The summed E-state index contributed by atoms with van der Waals surface area (Å²) in [5, 5.41) is 3.33. The van der Waals surface area contributed by atoms with Gasteiger partial charge in [-0.2, -0.15) is 0 Å². The van der Waals surface area contributed by atoms with Gasteiger partial charge in [-0.1, -0.05) is 6.92 Å². The summed E-state index contributed by atoms with van der Waals surface area (Å²) in [5.41, 5.74) is 0. The molecule has 0 radical (unpaired) electrons. The number of nitrogens with one attached hydrogen (secondary N) is 1. The topological polar surface area (TPSA) is 39.7 Å². The molecule has 0 fully saturated rings. The van der Waals surface area contributed by atoms with Crippen molar-refractivity contribution in [2.24, 2.45) is 0 Å². The lowest BCUT2D eigenvalue weighted by Gasteiger charge is -2.25. The molecule has 0 spiro atoms. The highest BCUT2D eigenvalue weighted by Crippen LogP contribution is 2.00. The van der Waals surface area contributed by atoms with Crippen LogP contribution in [0.5, 0.6) is 0 Å². The molecule has 0 bridgehead atoms. The highest BCUT2D eigenvalue weighted by Gasteiger charge is 2.19. The van der Waals surface area contributed by atoms with Crippen molar-refractivity contribution in [3.63, 3.8) is 0 Å². The van der Waals surface area contributed by atoms with Crippen molar-refractivity contribution in [1.82, 2.24) is 5.32 Å². The van der Waals surface area contributed by atoms with E-state index in [-0.39, 0.29) is 12.3 Å². The zero-order chi connectivity index (χ0) is 10.8. The van der Waals surface area contributed by atoms with Crippen LogP contribution in [-0.2, 0) is 14.2 Å². The monoisotopic (exact) mass is 205 g/mol. The standard InChI is InChI=1S/C10H23NO3/c1-5-7-11-9(8-14-6-2)10(12-3)13-4/h9-11H,5-8H2,1-4H3. The van der Waals surface area contributed by atoms with Crippen molar-refractivity contribution in [3.8, 4) is 0 Å². The molecule has 0 aromatic rings. The zero-order valence-corrected chi connectivity index (χ0v) is 9.71. The predicted molar refractivity (Wildman–Crippen MR) is 56.4 cm³/mol. The second-order valence-corrected chi connectivity index (χ2v) is 3.06. The minimum Gasteiger partial charge on any atom is -0.380 e. The largest absolute Gasteiger partial charge is 0.380 e. The lowest BCUT2D eigenvalue weighted by atomic mass is 10.3. The molecule has 0 amide bonds. The molecule has 0 aliphatic rings. The first-order valence-electron chi connectivity index (χ1n) is 5.16. The van der Waals surface area contributed by atoms with E-state index < -0.39 is 0 Å². The highest BCUT2D eigenvalue weighted by molar-refractivity contribution is 4.69. The molecule has 0 aliphatic heterocycles. The summed E-state index contributed by atoms with van der Waals surface area (Å²) in [6.45, 7) is 6.37. The van der Waals surface area contributed by atoms with Gasteiger partial charge in [0.1, 0.15) is 0 Å². The lowest BCUT2D eigenvalue weighted by Crippen LogP contribution is -2.45. The van der Waals surface area contributed by atoms with Crippen LogP contribution in [0.1, 0.15) is 20.3 Å². The first-order chi connectivity index (χ1) is 6.79. The Labute approximate surface area is 86.9 Å². The second kappa shape index (κ2) is 9.40. The van der Waals surface area contributed by atoms with Crippen LogP contribution in [0.25, 0.3) is 0 Å². The molecule has 4 heteroatoms. The maximum Gasteiger partial charge on any atom is 0.174 e. The van der Waals surface area contributed by atoms with Gasteiger partial charge in [-0.3, -0.25) is 0 Å². The third-order valence-corrected chi connectivity index (χ3v) is 1.95. The van der Waals surface area contributed by atoms with Gasteiger partial charge in [-0.15, -0.1) is 0 Å². The van der Waals surface area contributed by atoms with E-state index in [9.17, 15) is 0 Å². The van der Waals surface area contributed by atoms with Crippen molar-refractivity contribution < 1.29 is 14.2 Å². The molecule has 1 N–H and O–H groups in total. The average molecular weight is 205 g/mol. The summed E-state index contributed by atoms with van der Waals surface area (Å²) < 4.78 is 15.7. The molecule has 0 saturated carbocycles. The molecule has 0 aromatic heterocycles. The SMILES string of the molecule is CCCNC(COCC)C(OC)OC. The first-order valence-corrected chi connectivity index (χ1v) is 5.16. The Morgan fingerprint density at radius 3 is 2.21 bits per heavy atom. The number of hydrogen-bond donors (Lipinski definition) is 1. The Hall–Kier alpha value is -0.160.